The largest absolute Gasteiger partial charge is 0.497 e. The van der Waals surface area contributed by atoms with E-state index in [0.717, 1.165) is 48.1 Å². The third-order valence-electron chi connectivity index (χ3n) is 3.98. The highest BCUT2D eigenvalue weighted by molar-refractivity contribution is 7.99. The maximum Gasteiger partial charge on any atom is 0.230 e. The molecule has 1 amide bonds. The van der Waals surface area contributed by atoms with Gasteiger partial charge in [0.1, 0.15) is 5.75 Å². The molecule has 0 fully saturated rings. The topological polar surface area (TPSA) is 78.3 Å². The van der Waals surface area contributed by atoms with E-state index in [1.807, 2.05) is 24.3 Å². The number of hydrogen-bond donors (Lipinski definition) is 1. The maximum atomic E-state index is 12.0. The summed E-state index contributed by atoms with van der Waals surface area (Å²) in [7, 11) is 3.30. The van der Waals surface area contributed by atoms with Gasteiger partial charge in [-0.2, -0.15) is 0 Å². The summed E-state index contributed by atoms with van der Waals surface area (Å²) in [6.45, 7) is 4.23. The van der Waals surface area contributed by atoms with Crippen LogP contribution in [0, 0.1) is 0 Å². The number of benzene rings is 1. The lowest BCUT2D eigenvalue weighted by Crippen LogP contribution is -2.27. The monoisotopic (exact) mass is 392 g/mol. The molecule has 0 saturated heterocycles. The highest BCUT2D eigenvalue weighted by Crippen LogP contribution is 2.26. The Morgan fingerprint density at radius 2 is 1.96 bits per heavy atom. The number of nitrogens with zero attached hydrogens (tertiary/aromatic N) is 3. The average molecular weight is 393 g/mol. The first kappa shape index (κ1) is 21.2. The minimum absolute atomic E-state index is 0.00728. The minimum atomic E-state index is -0.00728. The first-order valence-electron chi connectivity index (χ1n) is 9.15. The van der Waals surface area contributed by atoms with E-state index in [0.29, 0.717) is 18.9 Å². The van der Waals surface area contributed by atoms with Crippen molar-refractivity contribution in [3.8, 4) is 17.1 Å². The van der Waals surface area contributed by atoms with E-state index in [4.69, 9.17) is 9.47 Å². The number of unbranched alkanes of at least 4 members (excludes halogenated alkanes) is 1. The highest BCUT2D eigenvalue weighted by Gasteiger charge is 2.15. The molecule has 0 spiro atoms. The van der Waals surface area contributed by atoms with Crippen LogP contribution >= 0.6 is 11.8 Å². The van der Waals surface area contributed by atoms with Gasteiger partial charge in [-0.25, -0.2) is 0 Å². The molecule has 0 atom stereocenters. The first-order valence-corrected chi connectivity index (χ1v) is 10.1. The molecule has 1 heterocycles. The number of amides is 1. The third-order valence-corrected chi connectivity index (χ3v) is 4.95. The molecule has 2 aromatic rings. The molecule has 1 N–H and O–H groups in total. The molecule has 2 rings (SSSR count). The molecule has 27 heavy (non-hydrogen) atoms. The second kappa shape index (κ2) is 11.6. The van der Waals surface area contributed by atoms with Gasteiger partial charge in [0.05, 0.1) is 12.9 Å². The van der Waals surface area contributed by atoms with Crippen molar-refractivity contribution in [2.75, 3.05) is 33.1 Å². The van der Waals surface area contributed by atoms with Gasteiger partial charge >= 0.3 is 0 Å². The number of hydrogen-bond acceptors (Lipinski definition) is 6. The molecule has 148 valence electrons. The molecule has 1 aromatic heterocycles. The van der Waals surface area contributed by atoms with E-state index < -0.39 is 0 Å². The summed E-state index contributed by atoms with van der Waals surface area (Å²) in [4.78, 5) is 12.0. The highest BCUT2D eigenvalue weighted by atomic mass is 32.2. The Hall–Kier alpha value is -2.06. The molecule has 0 saturated carbocycles. The van der Waals surface area contributed by atoms with E-state index in [1.54, 1.807) is 14.2 Å². The lowest BCUT2D eigenvalue weighted by Gasteiger charge is -2.10. The van der Waals surface area contributed by atoms with Gasteiger partial charge in [-0.3, -0.25) is 4.79 Å². The quantitative estimate of drug-likeness (QED) is 0.442. The fourth-order valence-electron chi connectivity index (χ4n) is 2.49. The Labute approximate surface area is 164 Å². The molecule has 0 radical (unpaired) electrons. The molecule has 0 unspecified atom stereocenters. The van der Waals surface area contributed by atoms with Crippen molar-refractivity contribution in [3.63, 3.8) is 0 Å². The Morgan fingerprint density at radius 3 is 2.63 bits per heavy atom. The summed E-state index contributed by atoms with van der Waals surface area (Å²) in [5.74, 6) is 1.93. The van der Waals surface area contributed by atoms with Crippen LogP contribution in [-0.4, -0.2) is 53.8 Å². The van der Waals surface area contributed by atoms with Gasteiger partial charge in [-0.05, 0) is 37.1 Å². The average Bonchev–Trinajstić information content (AvgIpc) is 3.10. The standard InChI is InChI=1S/C19H28N4O3S/c1-4-5-12-23-18(15-7-9-16(26-3)10-8-15)21-22-19(23)27-14-17(24)20-11-6-13-25-2/h7-10H,4-6,11-14H2,1-3H3,(H,20,24). The van der Waals surface area contributed by atoms with Crippen LogP contribution in [0.2, 0.25) is 0 Å². The number of thioether (sulfide) groups is 1. The SMILES string of the molecule is CCCCn1c(SCC(=O)NCCCOC)nnc1-c1ccc(OC)cc1. The van der Waals surface area contributed by atoms with E-state index in [-0.39, 0.29) is 5.91 Å². The summed E-state index contributed by atoms with van der Waals surface area (Å²) in [5.41, 5.74) is 0.982. The van der Waals surface area contributed by atoms with Crippen molar-refractivity contribution in [1.29, 1.82) is 0 Å². The summed E-state index contributed by atoms with van der Waals surface area (Å²) in [6, 6.07) is 7.77. The van der Waals surface area contributed by atoms with E-state index in [9.17, 15) is 4.79 Å². The zero-order valence-corrected chi connectivity index (χ0v) is 17.1. The molecule has 0 aliphatic carbocycles. The fraction of sp³-hybridized carbons (Fsp3) is 0.526. The van der Waals surface area contributed by atoms with Gasteiger partial charge in [-0.15, -0.1) is 10.2 Å². The second-order valence-corrected chi connectivity index (χ2v) is 6.97. The number of methoxy groups -OCH3 is 2. The molecule has 0 aliphatic heterocycles. The van der Waals surface area contributed by atoms with Gasteiger partial charge in [0.2, 0.25) is 5.91 Å². The Balaban J connectivity index is 2.05. The van der Waals surface area contributed by atoms with Gasteiger partial charge < -0.3 is 19.4 Å². The first-order chi connectivity index (χ1) is 13.2. The van der Waals surface area contributed by atoms with E-state index >= 15 is 0 Å². The van der Waals surface area contributed by atoms with Crippen molar-refractivity contribution in [2.45, 2.75) is 37.9 Å². The number of aromatic nitrogens is 3. The number of ether oxygens (including phenoxy) is 2. The van der Waals surface area contributed by atoms with Crippen LogP contribution in [0.3, 0.4) is 0 Å². The zero-order chi connectivity index (χ0) is 19.5. The van der Waals surface area contributed by atoms with Crippen molar-refractivity contribution in [1.82, 2.24) is 20.1 Å². The minimum Gasteiger partial charge on any atom is -0.497 e. The van der Waals surface area contributed by atoms with Crippen LogP contribution in [0.5, 0.6) is 5.75 Å². The van der Waals surface area contributed by atoms with Crippen LogP contribution in [0.1, 0.15) is 26.2 Å². The van der Waals surface area contributed by atoms with Gasteiger partial charge in [0, 0.05) is 32.4 Å². The lowest BCUT2D eigenvalue weighted by molar-refractivity contribution is -0.118. The predicted molar refractivity (Wildman–Crippen MR) is 107 cm³/mol. The van der Waals surface area contributed by atoms with Gasteiger partial charge in [0.15, 0.2) is 11.0 Å². The number of rotatable bonds is 12. The normalized spacial score (nSPS) is 10.8. The van der Waals surface area contributed by atoms with Crippen molar-refractivity contribution in [3.05, 3.63) is 24.3 Å². The molecule has 1 aromatic carbocycles. The van der Waals surface area contributed by atoms with Crippen LogP contribution in [0.15, 0.2) is 29.4 Å². The molecule has 0 bridgehead atoms. The number of carbonyl (C=O) groups is 1. The summed E-state index contributed by atoms with van der Waals surface area (Å²) in [5, 5.41) is 12.3. The number of nitrogens with one attached hydrogen (secondary N) is 1. The zero-order valence-electron chi connectivity index (χ0n) is 16.2. The Morgan fingerprint density at radius 1 is 1.19 bits per heavy atom. The number of carbonyl (C=O) groups excluding carboxylic acids is 1. The van der Waals surface area contributed by atoms with Crippen LogP contribution in [0.25, 0.3) is 11.4 Å². The van der Waals surface area contributed by atoms with Crippen molar-refractivity contribution in [2.24, 2.45) is 0 Å². The summed E-state index contributed by atoms with van der Waals surface area (Å²) < 4.78 is 12.3. The molecule has 7 nitrogen and oxygen atoms in total. The Bertz CT molecular complexity index is 703. The van der Waals surface area contributed by atoms with Crippen LogP contribution in [0.4, 0.5) is 0 Å². The second-order valence-electron chi connectivity index (χ2n) is 6.02. The van der Waals surface area contributed by atoms with Crippen LogP contribution < -0.4 is 10.1 Å². The molecular formula is C19H28N4O3S. The van der Waals surface area contributed by atoms with Gasteiger partial charge in [0.25, 0.3) is 0 Å². The molecular weight excluding hydrogens is 364 g/mol. The van der Waals surface area contributed by atoms with Crippen LogP contribution in [-0.2, 0) is 16.1 Å². The van der Waals surface area contributed by atoms with E-state index in [1.165, 1.54) is 11.8 Å². The fourth-order valence-corrected chi connectivity index (χ4v) is 3.29. The molecule has 8 heteroatoms. The maximum absolute atomic E-state index is 12.0. The predicted octanol–water partition coefficient (Wildman–Crippen LogP) is 3.00. The van der Waals surface area contributed by atoms with E-state index in [2.05, 4.69) is 27.0 Å². The summed E-state index contributed by atoms with van der Waals surface area (Å²) >= 11 is 1.41. The summed E-state index contributed by atoms with van der Waals surface area (Å²) in [6.07, 6.45) is 2.91. The van der Waals surface area contributed by atoms with Crippen molar-refractivity contribution >= 4 is 17.7 Å². The molecule has 0 aliphatic rings. The Kier molecular flexibility index (Phi) is 9.13. The van der Waals surface area contributed by atoms with Gasteiger partial charge in [-0.1, -0.05) is 25.1 Å². The third kappa shape index (κ3) is 6.55. The van der Waals surface area contributed by atoms with Crippen molar-refractivity contribution < 1.29 is 14.3 Å². The smallest absolute Gasteiger partial charge is 0.230 e. The lowest BCUT2D eigenvalue weighted by atomic mass is 10.2.